The van der Waals surface area contributed by atoms with Gasteiger partial charge in [-0.15, -0.1) is 18.2 Å². The van der Waals surface area contributed by atoms with Crippen LogP contribution in [0.5, 0.6) is 0 Å². The first-order chi connectivity index (χ1) is 6.45. The predicted octanol–water partition coefficient (Wildman–Crippen LogP) is 2.28. The van der Waals surface area contributed by atoms with Crippen LogP contribution in [0.1, 0.15) is 13.3 Å². The van der Waals surface area contributed by atoms with Crippen molar-refractivity contribution in [3.63, 3.8) is 0 Å². The van der Waals surface area contributed by atoms with Crippen molar-refractivity contribution in [2.45, 2.75) is 25.6 Å². The molecular weight excluding hydrogens is 211 g/mol. The summed E-state index contributed by atoms with van der Waals surface area (Å²) in [6, 6.07) is -0.526. The second-order valence-electron chi connectivity index (χ2n) is 2.93. The molecule has 0 aromatic rings. The standard InChI is InChI=1S/C9H14F3NS/c1-3-5-14-6-4-13-8(2)7-9(10,11)12/h1,8,13H,4-7H2,2H3. The average Bonchev–Trinajstić information content (AvgIpc) is 2.00. The molecule has 0 bridgehead atoms. The smallest absolute Gasteiger partial charge is 0.313 e. The van der Waals surface area contributed by atoms with Gasteiger partial charge >= 0.3 is 6.18 Å². The van der Waals surface area contributed by atoms with Gasteiger partial charge in [-0.1, -0.05) is 5.92 Å². The molecule has 0 aliphatic rings. The summed E-state index contributed by atoms with van der Waals surface area (Å²) in [4.78, 5) is 0. The van der Waals surface area contributed by atoms with Crippen LogP contribution in [0, 0.1) is 12.3 Å². The Hall–Kier alpha value is -0.340. The second kappa shape index (κ2) is 7.02. The van der Waals surface area contributed by atoms with Crippen molar-refractivity contribution in [1.82, 2.24) is 5.32 Å². The summed E-state index contributed by atoms with van der Waals surface area (Å²) in [6.07, 6.45) is 0.144. The molecule has 0 radical (unpaired) electrons. The van der Waals surface area contributed by atoms with Gasteiger partial charge in [0.15, 0.2) is 0 Å². The van der Waals surface area contributed by atoms with E-state index in [2.05, 4.69) is 11.2 Å². The number of nitrogens with one attached hydrogen (secondary N) is 1. The number of halogens is 3. The fourth-order valence-electron chi connectivity index (χ4n) is 0.928. The van der Waals surface area contributed by atoms with Crippen molar-refractivity contribution in [1.29, 1.82) is 0 Å². The fourth-order valence-corrected chi connectivity index (χ4v) is 1.45. The molecule has 0 aromatic heterocycles. The summed E-state index contributed by atoms with van der Waals surface area (Å²) in [5.41, 5.74) is 0. The van der Waals surface area contributed by atoms with Gasteiger partial charge in [-0.3, -0.25) is 0 Å². The second-order valence-corrected chi connectivity index (χ2v) is 4.04. The third-order valence-electron chi connectivity index (χ3n) is 1.46. The molecule has 0 saturated heterocycles. The number of alkyl halides is 3. The molecule has 0 heterocycles. The molecule has 1 unspecified atom stereocenters. The largest absolute Gasteiger partial charge is 0.390 e. The Balaban J connectivity index is 3.37. The maximum atomic E-state index is 11.9. The van der Waals surface area contributed by atoms with E-state index in [1.54, 1.807) is 0 Å². The molecule has 0 aliphatic carbocycles. The first-order valence-electron chi connectivity index (χ1n) is 4.27. The minimum Gasteiger partial charge on any atom is -0.313 e. The molecule has 1 N–H and O–H groups in total. The lowest BCUT2D eigenvalue weighted by Gasteiger charge is -2.15. The van der Waals surface area contributed by atoms with Gasteiger partial charge < -0.3 is 5.32 Å². The van der Waals surface area contributed by atoms with Crippen LogP contribution in [0.3, 0.4) is 0 Å². The van der Waals surface area contributed by atoms with Gasteiger partial charge in [0.25, 0.3) is 0 Å². The Labute approximate surface area is 86.8 Å². The quantitative estimate of drug-likeness (QED) is 0.550. The molecule has 0 amide bonds. The van der Waals surface area contributed by atoms with Crippen LogP contribution in [-0.2, 0) is 0 Å². The zero-order valence-corrected chi connectivity index (χ0v) is 8.84. The lowest BCUT2D eigenvalue weighted by molar-refractivity contribution is -0.138. The molecule has 5 heteroatoms. The Bertz CT molecular complexity index is 185. The minimum atomic E-state index is -4.08. The van der Waals surface area contributed by atoms with Crippen LogP contribution in [0.2, 0.25) is 0 Å². The van der Waals surface area contributed by atoms with Crippen molar-refractivity contribution in [3.05, 3.63) is 0 Å². The van der Waals surface area contributed by atoms with E-state index in [1.807, 2.05) is 0 Å². The molecule has 1 nitrogen and oxygen atoms in total. The lowest BCUT2D eigenvalue weighted by atomic mass is 10.2. The van der Waals surface area contributed by atoms with Gasteiger partial charge in [0, 0.05) is 18.3 Å². The molecule has 82 valence electrons. The monoisotopic (exact) mass is 225 g/mol. The maximum Gasteiger partial charge on any atom is 0.390 e. The molecule has 0 aromatic carbocycles. The summed E-state index contributed by atoms with van der Waals surface area (Å²) in [7, 11) is 0. The Kier molecular flexibility index (Phi) is 6.85. The highest BCUT2D eigenvalue weighted by Gasteiger charge is 2.29. The van der Waals surface area contributed by atoms with Crippen LogP contribution in [0.25, 0.3) is 0 Å². The van der Waals surface area contributed by atoms with Gasteiger partial charge in [0.05, 0.1) is 12.2 Å². The highest BCUT2D eigenvalue weighted by atomic mass is 32.2. The van der Waals surface area contributed by atoms with Gasteiger partial charge in [0.2, 0.25) is 0 Å². The van der Waals surface area contributed by atoms with E-state index in [0.29, 0.717) is 12.3 Å². The first kappa shape index (κ1) is 13.7. The van der Waals surface area contributed by atoms with Crippen LogP contribution >= 0.6 is 11.8 Å². The summed E-state index contributed by atoms with van der Waals surface area (Å²) >= 11 is 1.53. The van der Waals surface area contributed by atoms with E-state index >= 15 is 0 Å². The summed E-state index contributed by atoms with van der Waals surface area (Å²) in [6.45, 7) is 2.09. The van der Waals surface area contributed by atoms with Gasteiger partial charge in [0.1, 0.15) is 0 Å². The normalized spacial score (nSPS) is 13.6. The van der Waals surface area contributed by atoms with Crippen LogP contribution < -0.4 is 5.32 Å². The highest BCUT2D eigenvalue weighted by molar-refractivity contribution is 7.99. The average molecular weight is 225 g/mol. The molecular formula is C9H14F3NS. The summed E-state index contributed by atoms with van der Waals surface area (Å²) < 4.78 is 35.6. The molecule has 0 spiro atoms. The fraction of sp³-hybridized carbons (Fsp3) is 0.778. The van der Waals surface area contributed by atoms with E-state index in [0.717, 1.165) is 5.75 Å². The van der Waals surface area contributed by atoms with Gasteiger partial charge in [-0.05, 0) is 6.92 Å². The molecule has 1 atom stereocenters. The number of thioether (sulfide) groups is 1. The summed E-state index contributed by atoms with van der Waals surface area (Å²) in [5.74, 6) is 3.80. The van der Waals surface area contributed by atoms with E-state index in [-0.39, 0.29) is 0 Å². The predicted molar refractivity (Wildman–Crippen MR) is 54.3 cm³/mol. The Morgan fingerprint density at radius 2 is 2.14 bits per heavy atom. The number of hydrogen-bond acceptors (Lipinski definition) is 2. The van der Waals surface area contributed by atoms with Crippen LogP contribution in [0.4, 0.5) is 13.2 Å². The molecule has 14 heavy (non-hydrogen) atoms. The molecule has 0 aliphatic heterocycles. The van der Waals surface area contributed by atoms with E-state index in [9.17, 15) is 13.2 Å². The van der Waals surface area contributed by atoms with Crippen molar-refractivity contribution in [3.8, 4) is 12.3 Å². The molecule has 0 rings (SSSR count). The van der Waals surface area contributed by atoms with Gasteiger partial charge in [-0.25, -0.2) is 0 Å². The highest BCUT2D eigenvalue weighted by Crippen LogP contribution is 2.21. The maximum absolute atomic E-state index is 11.9. The number of hydrogen-bond donors (Lipinski definition) is 1. The van der Waals surface area contributed by atoms with E-state index < -0.39 is 18.6 Å². The third-order valence-corrected chi connectivity index (χ3v) is 2.33. The van der Waals surface area contributed by atoms with Crippen molar-refractivity contribution in [2.75, 3.05) is 18.1 Å². The number of rotatable bonds is 6. The van der Waals surface area contributed by atoms with Crippen molar-refractivity contribution < 1.29 is 13.2 Å². The Morgan fingerprint density at radius 1 is 1.50 bits per heavy atom. The Morgan fingerprint density at radius 3 is 2.64 bits per heavy atom. The minimum absolute atomic E-state index is 0.526. The summed E-state index contributed by atoms with van der Waals surface area (Å²) in [5, 5.41) is 2.79. The number of terminal acetylenes is 1. The van der Waals surface area contributed by atoms with Crippen LogP contribution in [0.15, 0.2) is 0 Å². The van der Waals surface area contributed by atoms with Crippen molar-refractivity contribution >= 4 is 11.8 Å². The third kappa shape index (κ3) is 9.75. The zero-order valence-electron chi connectivity index (χ0n) is 8.03. The van der Waals surface area contributed by atoms with E-state index in [1.165, 1.54) is 18.7 Å². The molecule has 0 fully saturated rings. The SMILES string of the molecule is C#CCSCCNC(C)CC(F)(F)F. The van der Waals surface area contributed by atoms with Gasteiger partial charge in [-0.2, -0.15) is 13.2 Å². The topological polar surface area (TPSA) is 12.0 Å². The first-order valence-corrected chi connectivity index (χ1v) is 5.42. The zero-order chi connectivity index (χ0) is 11.0. The van der Waals surface area contributed by atoms with Crippen LogP contribution in [-0.4, -0.2) is 30.3 Å². The van der Waals surface area contributed by atoms with E-state index in [4.69, 9.17) is 6.42 Å². The van der Waals surface area contributed by atoms with Crippen molar-refractivity contribution in [2.24, 2.45) is 0 Å². The lowest BCUT2D eigenvalue weighted by Crippen LogP contribution is -2.32. The molecule has 0 saturated carbocycles.